The van der Waals surface area contributed by atoms with Crippen molar-refractivity contribution in [3.05, 3.63) is 12.2 Å². The maximum atomic E-state index is 13.0. The average Bonchev–Trinajstić information content (AvgIpc) is 3.31. The normalized spacial score (nSPS) is 47.6. The van der Waals surface area contributed by atoms with Gasteiger partial charge in [0.15, 0.2) is 0 Å². The van der Waals surface area contributed by atoms with Crippen LogP contribution in [-0.2, 0) is 4.79 Å². The molecule has 0 aromatic carbocycles. The summed E-state index contributed by atoms with van der Waals surface area (Å²) in [6.07, 6.45) is 12.3. The summed E-state index contributed by atoms with van der Waals surface area (Å²) in [6, 6.07) is 0.474. The highest BCUT2D eigenvalue weighted by molar-refractivity contribution is 5.80. The van der Waals surface area contributed by atoms with Crippen LogP contribution in [0.2, 0.25) is 0 Å². The van der Waals surface area contributed by atoms with Gasteiger partial charge in [0.2, 0.25) is 0 Å². The van der Waals surface area contributed by atoms with Gasteiger partial charge in [0.05, 0.1) is 12.7 Å². The van der Waals surface area contributed by atoms with Crippen LogP contribution in [0.4, 0.5) is 0 Å². The van der Waals surface area contributed by atoms with Crippen molar-refractivity contribution in [1.29, 1.82) is 0 Å². The molecule has 2 aliphatic carbocycles. The number of nitrogens with zero attached hydrogens (tertiary/aromatic N) is 1. The Bertz CT molecular complexity index is 636. The lowest BCUT2D eigenvalue weighted by atomic mass is 9.70. The van der Waals surface area contributed by atoms with Gasteiger partial charge in [-0.25, -0.2) is 0 Å². The summed E-state index contributed by atoms with van der Waals surface area (Å²) in [5.74, 6) is 1.03. The monoisotopic (exact) mass is 405 g/mol. The largest absolute Gasteiger partial charge is 0.480 e. The minimum Gasteiger partial charge on any atom is -0.480 e. The number of hydrogen-bond acceptors (Lipinski definition) is 4. The van der Waals surface area contributed by atoms with E-state index < -0.39 is 17.6 Å². The SMILES string of the molecule is CCCC1CC(C)C(C2(C(=O)O)CCCC3C[C@@H]4[C@@H](C=CCO)[C@H](O)C[C@H]4N32)C1. The Morgan fingerprint density at radius 2 is 2.03 bits per heavy atom. The zero-order chi connectivity index (χ0) is 20.8. The molecule has 5 unspecified atom stereocenters. The first-order valence-corrected chi connectivity index (χ1v) is 11.9. The van der Waals surface area contributed by atoms with Crippen molar-refractivity contribution < 1.29 is 20.1 Å². The minimum absolute atomic E-state index is 0.00871. The van der Waals surface area contributed by atoms with Crippen molar-refractivity contribution in [2.45, 2.75) is 95.4 Å². The van der Waals surface area contributed by atoms with Gasteiger partial charge in [-0.1, -0.05) is 38.8 Å². The van der Waals surface area contributed by atoms with E-state index >= 15 is 0 Å². The number of aliphatic hydroxyl groups excluding tert-OH is 2. The molecule has 5 heteroatoms. The zero-order valence-electron chi connectivity index (χ0n) is 18.0. The Morgan fingerprint density at radius 1 is 1.24 bits per heavy atom. The molecule has 3 N–H and O–H groups in total. The van der Waals surface area contributed by atoms with Gasteiger partial charge in [0, 0.05) is 18.0 Å². The molecule has 2 saturated carbocycles. The fourth-order valence-electron chi connectivity index (χ4n) is 8.00. The summed E-state index contributed by atoms with van der Waals surface area (Å²) in [4.78, 5) is 15.4. The van der Waals surface area contributed by atoms with E-state index in [9.17, 15) is 20.1 Å². The van der Waals surface area contributed by atoms with Crippen LogP contribution in [0.25, 0.3) is 0 Å². The summed E-state index contributed by atoms with van der Waals surface area (Å²) in [6.45, 7) is 4.50. The summed E-state index contributed by atoms with van der Waals surface area (Å²) in [7, 11) is 0. The Hall–Kier alpha value is -0.910. The molecule has 0 bridgehead atoms. The molecule has 0 radical (unpaired) electrons. The second-order valence-electron chi connectivity index (χ2n) is 10.4. The standard InChI is InChI=1S/C24H39NO4/c1-3-6-16-11-15(2)20(12-16)24(23(28)29)9-4-7-17-13-19-18(8-5-10-26)22(27)14-21(19)25(17)24/h5,8,15-22,26-27H,3-4,6-7,9-14H2,1-2H3,(H,28,29)/t15?,16?,17?,18-,19-,20?,21-,22-,24?/m1/s1. The number of fused-ring (bicyclic) bond motifs is 3. The van der Waals surface area contributed by atoms with Gasteiger partial charge in [-0.15, -0.1) is 0 Å². The molecular formula is C24H39NO4. The highest BCUT2D eigenvalue weighted by atomic mass is 16.4. The molecule has 0 aromatic heterocycles. The fourth-order valence-corrected chi connectivity index (χ4v) is 8.00. The van der Waals surface area contributed by atoms with Crippen molar-refractivity contribution in [3.63, 3.8) is 0 Å². The number of rotatable bonds is 6. The number of piperidine rings is 1. The lowest BCUT2D eigenvalue weighted by molar-refractivity contribution is -0.166. The second kappa shape index (κ2) is 8.32. The van der Waals surface area contributed by atoms with Gasteiger partial charge in [-0.05, 0) is 68.6 Å². The van der Waals surface area contributed by atoms with Crippen molar-refractivity contribution >= 4 is 5.97 Å². The summed E-state index contributed by atoms with van der Waals surface area (Å²) in [5.41, 5.74) is -0.764. The molecule has 4 fully saturated rings. The number of carbonyl (C=O) groups is 1. The van der Waals surface area contributed by atoms with Crippen LogP contribution >= 0.6 is 0 Å². The maximum Gasteiger partial charge on any atom is 0.324 e. The highest BCUT2D eigenvalue weighted by Gasteiger charge is 2.64. The van der Waals surface area contributed by atoms with Gasteiger partial charge in [-0.3, -0.25) is 9.69 Å². The first-order chi connectivity index (χ1) is 13.9. The van der Waals surface area contributed by atoms with Crippen LogP contribution in [0.3, 0.4) is 0 Å². The average molecular weight is 406 g/mol. The quantitative estimate of drug-likeness (QED) is 0.590. The Balaban J connectivity index is 1.67. The van der Waals surface area contributed by atoms with Crippen molar-refractivity contribution in [2.24, 2.45) is 29.6 Å². The Kier molecular flexibility index (Phi) is 6.12. The van der Waals surface area contributed by atoms with Crippen molar-refractivity contribution in [2.75, 3.05) is 6.61 Å². The van der Waals surface area contributed by atoms with Crippen LogP contribution in [0.1, 0.15) is 71.6 Å². The second-order valence-corrected chi connectivity index (χ2v) is 10.4. The molecular weight excluding hydrogens is 366 g/mol. The molecule has 4 rings (SSSR count). The number of hydrogen-bond donors (Lipinski definition) is 3. The van der Waals surface area contributed by atoms with Gasteiger partial charge in [-0.2, -0.15) is 0 Å². The predicted molar refractivity (Wildman–Crippen MR) is 112 cm³/mol. The fraction of sp³-hybridized carbons (Fsp3) is 0.875. The molecule has 5 nitrogen and oxygen atoms in total. The smallest absolute Gasteiger partial charge is 0.324 e. The predicted octanol–water partition coefficient (Wildman–Crippen LogP) is 3.44. The van der Waals surface area contributed by atoms with Crippen LogP contribution in [0, 0.1) is 29.6 Å². The molecule has 4 aliphatic rings. The first-order valence-electron chi connectivity index (χ1n) is 11.9. The third-order valence-electron chi connectivity index (χ3n) is 8.89. The number of carboxylic acid groups (broad SMARTS) is 1. The molecule has 29 heavy (non-hydrogen) atoms. The number of carboxylic acids is 1. The topological polar surface area (TPSA) is 81.0 Å². The first kappa shape index (κ1) is 21.3. The molecule has 0 amide bonds. The van der Waals surface area contributed by atoms with E-state index in [2.05, 4.69) is 18.7 Å². The molecule has 164 valence electrons. The third-order valence-corrected chi connectivity index (χ3v) is 8.89. The van der Waals surface area contributed by atoms with E-state index in [1.807, 2.05) is 6.08 Å². The third kappa shape index (κ3) is 3.37. The zero-order valence-corrected chi connectivity index (χ0v) is 18.0. The highest BCUT2D eigenvalue weighted by Crippen LogP contribution is 2.57. The maximum absolute atomic E-state index is 13.0. The van der Waals surface area contributed by atoms with Crippen LogP contribution in [0.5, 0.6) is 0 Å². The molecule has 2 heterocycles. The van der Waals surface area contributed by atoms with Crippen LogP contribution in [0.15, 0.2) is 12.2 Å². The summed E-state index contributed by atoms with van der Waals surface area (Å²) in [5, 5.41) is 30.6. The van der Waals surface area contributed by atoms with Crippen LogP contribution in [-0.4, -0.2) is 56.5 Å². The molecule has 9 atom stereocenters. The molecule has 2 aliphatic heterocycles. The minimum atomic E-state index is -0.764. The Labute approximate surface area is 175 Å². The van der Waals surface area contributed by atoms with E-state index in [0.29, 0.717) is 30.2 Å². The van der Waals surface area contributed by atoms with E-state index in [0.717, 1.165) is 38.5 Å². The lowest BCUT2D eigenvalue weighted by Gasteiger charge is -2.52. The molecule has 0 aromatic rings. The Morgan fingerprint density at radius 3 is 2.72 bits per heavy atom. The van der Waals surface area contributed by atoms with Gasteiger partial charge in [0.1, 0.15) is 5.54 Å². The van der Waals surface area contributed by atoms with Crippen molar-refractivity contribution in [1.82, 2.24) is 4.90 Å². The van der Waals surface area contributed by atoms with E-state index in [1.54, 1.807) is 6.08 Å². The van der Waals surface area contributed by atoms with E-state index in [4.69, 9.17) is 0 Å². The van der Waals surface area contributed by atoms with Gasteiger partial charge < -0.3 is 15.3 Å². The molecule has 2 saturated heterocycles. The van der Waals surface area contributed by atoms with Crippen LogP contribution < -0.4 is 0 Å². The summed E-state index contributed by atoms with van der Waals surface area (Å²) >= 11 is 0. The van der Waals surface area contributed by atoms with E-state index in [-0.39, 0.29) is 24.5 Å². The number of aliphatic hydroxyl groups is 2. The van der Waals surface area contributed by atoms with Gasteiger partial charge in [0.25, 0.3) is 0 Å². The van der Waals surface area contributed by atoms with E-state index in [1.165, 1.54) is 12.8 Å². The lowest BCUT2D eigenvalue weighted by Crippen LogP contribution is -2.65. The van der Waals surface area contributed by atoms with Gasteiger partial charge >= 0.3 is 5.97 Å². The van der Waals surface area contributed by atoms with Crippen molar-refractivity contribution in [3.8, 4) is 0 Å². The summed E-state index contributed by atoms with van der Waals surface area (Å²) < 4.78 is 0. The number of aliphatic carboxylic acids is 1. The molecule has 0 spiro atoms.